The summed E-state index contributed by atoms with van der Waals surface area (Å²) in [7, 11) is 1.65. The molecule has 0 radical (unpaired) electrons. The predicted octanol–water partition coefficient (Wildman–Crippen LogP) is 3.68. The lowest BCUT2D eigenvalue weighted by Crippen LogP contribution is -2.25. The van der Waals surface area contributed by atoms with Gasteiger partial charge in [0.25, 0.3) is 0 Å². The van der Waals surface area contributed by atoms with E-state index in [1.54, 1.807) is 19.5 Å². The van der Waals surface area contributed by atoms with E-state index in [1.165, 1.54) is 0 Å². The number of hydrogen-bond donors (Lipinski definition) is 0. The van der Waals surface area contributed by atoms with Crippen LogP contribution >= 0.6 is 11.6 Å². The predicted molar refractivity (Wildman–Crippen MR) is 63.7 cm³/mol. The molecule has 0 fully saturated rings. The maximum absolute atomic E-state index is 6.19. The first-order chi connectivity index (χ1) is 6.91. The summed E-state index contributed by atoms with van der Waals surface area (Å²) in [4.78, 5) is 4.03. The summed E-state index contributed by atoms with van der Waals surface area (Å²) < 4.78 is 5.32. The van der Waals surface area contributed by atoms with Crippen molar-refractivity contribution in [3.8, 4) is 5.75 Å². The van der Waals surface area contributed by atoms with E-state index < -0.39 is 0 Å². The highest BCUT2D eigenvalue weighted by atomic mass is 35.5. The molecule has 15 heavy (non-hydrogen) atoms. The molecular weight excluding hydrogens is 210 g/mol. The van der Waals surface area contributed by atoms with Crippen molar-refractivity contribution >= 4 is 11.6 Å². The van der Waals surface area contributed by atoms with Crippen molar-refractivity contribution < 1.29 is 4.74 Å². The molecule has 0 aromatic carbocycles. The number of aromatic nitrogens is 1. The monoisotopic (exact) mass is 227 g/mol. The molecule has 1 aromatic rings. The van der Waals surface area contributed by atoms with E-state index in [0.29, 0.717) is 10.9 Å². The maximum atomic E-state index is 6.19. The van der Waals surface area contributed by atoms with Crippen LogP contribution in [0.1, 0.15) is 33.3 Å². The molecule has 1 aromatic heterocycles. The number of methoxy groups -OCH3 is 1. The molecule has 0 saturated heterocycles. The molecule has 0 aliphatic rings. The van der Waals surface area contributed by atoms with Crippen molar-refractivity contribution in [3.63, 3.8) is 0 Å². The van der Waals surface area contributed by atoms with Crippen LogP contribution in [0, 0.1) is 5.92 Å². The Morgan fingerprint density at radius 2 is 1.93 bits per heavy atom. The van der Waals surface area contributed by atoms with Gasteiger partial charge in [0.15, 0.2) is 0 Å². The van der Waals surface area contributed by atoms with E-state index in [4.69, 9.17) is 16.3 Å². The quantitative estimate of drug-likeness (QED) is 0.786. The molecule has 84 valence electrons. The molecule has 1 rings (SSSR count). The third-order valence-corrected chi connectivity index (χ3v) is 3.46. The van der Waals surface area contributed by atoms with E-state index in [0.717, 1.165) is 11.3 Å². The molecule has 0 saturated carbocycles. The van der Waals surface area contributed by atoms with Crippen molar-refractivity contribution in [1.29, 1.82) is 0 Å². The number of hydrogen-bond acceptors (Lipinski definition) is 2. The number of nitrogens with zero attached hydrogens (tertiary/aromatic N) is 1. The lowest BCUT2D eigenvalue weighted by molar-refractivity contribution is 0.341. The average molecular weight is 228 g/mol. The van der Waals surface area contributed by atoms with E-state index in [9.17, 15) is 0 Å². The van der Waals surface area contributed by atoms with Crippen LogP contribution in [-0.4, -0.2) is 12.1 Å². The normalized spacial score (nSPS) is 11.9. The average Bonchev–Trinajstić information content (AvgIpc) is 2.16. The summed E-state index contributed by atoms with van der Waals surface area (Å²) in [5.41, 5.74) is 1.02. The first-order valence-electron chi connectivity index (χ1n) is 5.09. The van der Waals surface area contributed by atoms with Gasteiger partial charge in [-0.2, -0.15) is 0 Å². The van der Waals surface area contributed by atoms with Crippen molar-refractivity contribution in [1.82, 2.24) is 4.98 Å². The molecule has 1 heterocycles. The summed E-state index contributed by atoms with van der Waals surface area (Å²) in [5, 5.41) is 0.674. The zero-order valence-electron chi connectivity index (χ0n) is 9.97. The lowest BCUT2D eigenvalue weighted by atomic mass is 9.75. The highest BCUT2D eigenvalue weighted by Crippen LogP contribution is 2.40. The fourth-order valence-electron chi connectivity index (χ4n) is 1.49. The van der Waals surface area contributed by atoms with E-state index in [2.05, 4.69) is 32.7 Å². The van der Waals surface area contributed by atoms with Crippen LogP contribution in [0.4, 0.5) is 0 Å². The van der Waals surface area contributed by atoms with Crippen LogP contribution in [0.25, 0.3) is 0 Å². The Balaban J connectivity index is 3.34. The van der Waals surface area contributed by atoms with Gasteiger partial charge in [0.05, 0.1) is 18.3 Å². The Hall–Kier alpha value is -0.760. The molecule has 0 bridgehead atoms. The Morgan fingerprint density at radius 3 is 2.40 bits per heavy atom. The Kier molecular flexibility index (Phi) is 3.61. The number of ether oxygens (including phenoxy) is 1. The van der Waals surface area contributed by atoms with Crippen LogP contribution < -0.4 is 4.74 Å². The molecular formula is C12H18ClNO. The smallest absolute Gasteiger partial charge is 0.142 e. The van der Waals surface area contributed by atoms with Crippen LogP contribution in [0.2, 0.25) is 5.02 Å². The van der Waals surface area contributed by atoms with Gasteiger partial charge in [-0.1, -0.05) is 39.3 Å². The molecule has 0 N–H and O–H groups in total. The van der Waals surface area contributed by atoms with Gasteiger partial charge >= 0.3 is 0 Å². The van der Waals surface area contributed by atoms with Crippen LogP contribution in [-0.2, 0) is 5.41 Å². The highest BCUT2D eigenvalue weighted by molar-refractivity contribution is 6.31. The summed E-state index contributed by atoms with van der Waals surface area (Å²) in [6.45, 7) is 8.69. The molecule has 0 aliphatic carbocycles. The Morgan fingerprint density at radius 1 is 1.33 bits per heavy atom. The van der Waals surface area contributed by atoms with Crippen molar-refractivity contribution in [2.45, 2.75) is 33.1 Å². The summed E-state index contributed by atoms with van der Waals surface area (Å²) in [6, 6.07) is 0. The third kappa shape index (κ3) is 2.25. The minimum atomic E-state index is -0.0225. The molecule has 0 spiro atoms. The molecule has 0 unspecified atom stereocenters. The second-order valence-electron chi connectivity index (χ2n) is 4.57. The van der Waals surface area contributed by atoms with E-state index in [-0.39, 0.29) is 5.41 Å². The summed E-state index contributed by atoms with van der Waals surface area (Å²) >= 11 is 6.19. The molecule has 2 nitrogen and oxygen atoms in total. The standard InChI is InChI=1S/C12H18ClNO/c1-8(2)12(3,4)11-9(13)6-14-7-10(11)15-5/h6-8H,1-5H3. The fourth-order valence-corrected chi connectivity index (χ4v) is 1.88. The number of rotatable bonds is 3. The van der Waals surface area contributed by atoms with Crippen LogP contribution in [0.15, 0.2) is 12.4 Å². The topological polar surface area (TPSA) is 22.1 Å². The van der Waals surface area contributed by atoms with Gasteiger partial charge in [-0.25, -0.2) is 0 Å². The van der Waals surface area contributed by atoms with Gasteiger partial charge in [0.1, 0.15) is 5.75 Å². The number of halogens is 1. The SMILES string of the molecule is COc1cncc(Cl)c1C(C)(C)C(C)C. The summed E-state index contributed by atoms with van der Waals surface area (Å²) in [6.07, 6.45) is 3.38. The minimum absolute atomic E-state index is 0.0225. The van der Waals surface area contributed by atoms with Gasteiger partial charge < -0.3 is 4.74 Å². The van der Waals surface area contributed by atoms with Gasteiger partial charge in [0.2, 0.25) is 0 Å². The second-order valence-corrected chi connectivity index (χ2v) is 4.98. The largest absolute Gasteiger partial charge is 0.495 e. The molecule has 0 amide bonds. The Bertz CT molecular complexity index is 347. The van der Waals surface area contributed by atoms with Crippen LogP contribution in [0.3, 0.4) is 0 Å². The number of pyridine rings is 1. The third-order valence-electron chi connectivity index (χ3n) is 3.17. The van der Waals surface area contributed by atoms with Gasteiger partial charge in [-0.3, -0.25) is 4.98 Å². The van der Waals surface area contributed by atoms with Gasteiger partial charge in [-0.05, 0) is 11.3 Å². The Labute approximate surface area is 96.6 Å². The summed E-state index contributed by atoms with van der Waals surface area (Å²) in [5.74, 6) is 1.24. The van der Waals surface area contributed by atoms with Gasteiger partial charge in [-0.15, -0.1) is 0 Å². The first kappa shape index (κ1) is 12.3. The highest BCUT2D eigenvalue weighted by Gasteiger charge is 2.30. The van der Waals surface area contributed by atoms with Crippen LogP contribution in [0.5, 0.6) is 5.75 Å². The zero-order valence-corrected chi connectivity index (χ0v) is 10.7. The van der Waals surface area contributed by atoms with Crippen molar-refractivity contribution in [2.24, 2.45) is 5.92 Å². The van der Waals surface area contributed by atoms with E-state index in [1.807, 2.05) is 0 Å². The van der Waals surface area contributed by atoms with Crippen molar-refractivity contribution in [3.05, 3.63) is 23.0 Å². The fraction of sp³-hybridized carbons (Fsp3) is 0.583. The zero-order chi connectivity index (χ0) is 11.6. The van der Waals surface area contributed by atoms with E-state index >= 15 is 0 Å². The maximum Gasteiger partial charge on any atom is 0.142 e. The van der Waals surface area contributed by atoms with Crippen molar-refractivity contribution in [2.75, 3.05) is 7.11 Å². The van der Waals surface area contributed by atoms with Gasteiger partial charge in [0, 0.05) is 11.8 Å². The molecule has 0 aliphatic heterocycles. The minimum Gasteiger partial charge on any atom is -0.495 e. The second kappa shape index (κ2) is 4.40. The lowest BCUT2D eigenvalue weighted by Gasteiger charge is -2.31. The first-order valence-corrected chi connectivity index (χ1v) is 5.47. The molecule has 0 atom stereocenters. The molecule has 3 heteroatoms.